The van der Waals surface area contributed by atoms with Crippen LogP contribution in [-0.4, -0.2) is 45.7 Å². The molecular weight excluding hydrogens is 372 g/mol. The van der Waals surface area contributed by atoms with E-state index in [0.29, 0.717) is 48.7 Å². The smallest absolute Gasteiger partial charge is 0.299 e. The van der Waals surface area contributed by atoms with E-state index in [1.807, 2.05) is 24.0 Å². The molecule has 1 aromatic carbocycles. The van der Waals surface area contributed by atoms with Gasteiger partial charge in [0.1, 0.15) is 5.75 Å². The van der Waals surface area contributed by atoms with Gasteiger partial charge in [0, 0.05) is 31.2 Å². The summed E-state index contributed by atoms with van der Waals surface area (Å²) in [7, 11) is 0. The SMILES string of the molecule is Cc1ccc2oc(N3CCC(C(=O)NCC(O)c4cccc(O)c4)CC3)nc2n1. The fraction of sp³-hybridized carbons (Fsp3) is 0.381. The molecule has 0 aliphatic carbocycles. The fourth-order valence-electron chi connectivity index (χ4n) is 3.56. The normalized spacial score (nSPS) is 16.1. The maximum Gasteiger partial charge on any atom is 0.299 e. The molecule has 0 bridgehead atoms. The van der Waals surface area contributed by atoms with Crippen molar-refractivity contribution in [3.05, 3.63) is 47.7 Å². The summed E-state index contributed by atoms with van der Waals surface area (Å²) in [6.45, 7) is 3.35. The summed E-state index contributed by atoms with van der Waals surface area (Å²) in [5.41, 5.74) is 2.72. The molecule has 1 saturated heterocycles. The minimum Gasteiger partial charge on any atom is -0.508 e. The van der Waals surface area contributed by atoms with E-state index in [0.717, 1.165) is 5.69 Å². The van der Waals surface area contributed by atoms with Gasteiger partial charge < -0.3 is 24.8 Å². The highest BCUT2D eigenvalue weighted by Crippen LogP contribution is 2.26. The molecule has 1 atom stereocenters. The highest BCUT2D eigenvalue weighted by atomic mass is 16.4. The van der Waals surface area contributed by atoms with Crippen molar-refractivity contribution < 1.29 is 19.4 Å². The Kier molecular flexibility index (Phi) is 5.35. The standard InChI is InChI=1S/C21H24N4O4/c1-13-5-6-18-19(23-13)24-21(29-18)25-9-7-14(8-10-25)20(28)22-12-17(27)15-3-2-4-16(26)11-15/h2-6,11,14,17,26-27H,7-10,12H2,1H3,(H,22,28). The van der Waals surface area contributed by atoms with Gasteiger partial charge in [-0.1, -0.05) is 12.1 Å². The van der Waals surface area contributed by atoms with E-state index in [2.05, 4.69) is 15.3 Å². The number of phenols is 1. The van der Waals surface area contributed by atoms with E-state index in [-0.39, 0.29) is 24.1 Å². The number of nitrogens with zero attached hydrogens (tertiary/aromatic N) is 3. The van der Waals surface area contributed by atoms with Gasteiger partial charge in [0.2, 0.25) is 11.6 Å². The Bertz CT molecular complexity index is 1010. The Balaban J connectivity index is 1.30. The first-order valence-corrected chi connectivity index (χ1v) is 9.73. The van der Waals surface area contributed by atoms with Crippen LogP contribution in [-0.2, 0) is 4.79 Å². The van der Waals surface area contributed by atoms with Crippen LogP contribution in [0.3, 0.4) is 0 Å². The number of nitrogens with one attached hydrogen (secondary N) is 1. The van der Waals surface area contributed by atoms with Gasteiger partial charge in [-0.25, -0.2) is 4.98 Å². The second-order valence-corrected chi connectivity index (χ2v) is 7.39. The summed E-state index contributed by atoms with van der Waals surface area (Å²) in [6.07, 6.45) is 0.500. The van der Waals surface area contributed by atoms with Crippen LogP contribution >= 0.6 is 0 Å². The lowest BCUT2D eigenvalue weighted by Crippen LogP contribution is -2.41. The number of anilines is 1. The molecule has 3 aromatic rings. The van der Waals surface area contributed by atoms with Gasteiger partial charge in [-0.3, -0.25) is 4.79 Å². The number of amides is 1. The lowest BCUT2D eigenvalue weighted by Gasteiger charge is -2.30. The monoisotopic (exact) mass is 396 g/mol. The van der Waals surface area contributed by atoms with Crippen LogP contribution in [0.25, 0.3) is 11.2 Å². The summed E-state index contributed by atoms with van der Waals surface area (Å²) >= 11 is 0. The van der Waals surface area contributed by atoms with Gasteiger partial charge in [0.25, 0.3) is 6.01 Å². The molecular formula is C21H24N4O4. The molecule has 1 amide bonds. The van der Waals surface area contributed by atoms with Gasteiger partial charge in [-0.05, 0) is 49.6 Å². The van der Waals surface area contributed by atoms with Gasteiger partial charge in [-0.15, -0.1) is 0 Å². The second kappa shape index (κ2) is 8.08. The van der Waals surface area contributed by atoms with Crippen molar-refractivity contribution in [3.63, 3.8) is 0 Å². The number of pyridine rings is 1. The van der Waals surface area contributed by atoms with E-state index >= 15 is 0 Å². The maximum absolute atomic E-state index is 12.5. The number of piperidine rings is 1. The summed E-state index contributed by atoms with van der Waals surface area (Å²) in [5, 5.41) is 22.5. The first-order chi connectivity index (χ1) is 14.0. The van der Waals surface area contributed by atoms with Crippen molar-refractivity contribution in [1.82, 2.24) is 15.3 Å². The van der Waals surface area contributed by atoms with E-state index in [1.54, 1.807) is 12.1 Å². The number of aromatic hydroxyl groups is 1. The molecule has 152 valence electrons. The van der Waals surface area contributed by atoms with E-state index in [1.165, 1.54) is 12.1 Å². The van der Waals surface area contributed by atoms with E-state index in [9.17, 15) is 15.0 Å². The second-order valence-electron chi connectivity index (χ2n) is 7.39. The lowest BCUT2D eigenvalue weighted by atomic mass is 9.96. The summed E-state index contributed by atoms with van der Waals surface area (Å²) < 4.78 is 5.79. The summed E-state index contributed by atoms with van der Waals surface area (Å²) in [4.78, 5) is 23.3. The Hall–Kier alpha value is -3.13. The molecule has 8 nitrogen and oxygen atoms in total. The number of phenolic OH excluding ortho intramolecular Hbond substituents is 1. The molecule has 1 fully saturated rings. The first kappa shape index (κ1) is 19.2. The number of benzene rings is 1. The van der Waals surface area contributed by atoms with Gasteiger partial charge in [0.05, 0.1) is 6.10 Å². The van der Waals surface area contributed by atoms with Crippen LogP contribution in [0.1, 0.15) is 30.2 Å². The van der Waals surface area contributed by atoms with Crippen LogP contribution in [0.15, 0.2) is 40.8 Å². The first-order valence-electron chi connectivity index (χ1n) is 9.73. The van der Waals surface area contributed by atoms with E-state index < -0.39 is 6.10 Å². The molecule has 1 aliphatic rings. The molecule has 2 aromatic heterocycles. The number of aromatic nitrogens is 2. The number of fused-ring (bicyclic) bond motifs is 1. The molecule has 1 unspecified atom stereocenters. The zero-order valence-corrected chi connectivity index (χ0v) is 16.2. The predicted molar refractivity (Wildman–Crippen MR) is 108 cm³/mol. The number of rotatable bonds is 5. The van der Waals surface area contributed by atoms with Crippen LogP contribution < -0.4 is 10.2 Å². The van der Waals surface area contributed by atoms with Crippen molar-refractivity contribution >= 4 is 23.2 Å². The van der Waals surface area contributed by atoms with Gasteiger partial charge in [-0.2, -0.15) is 4.98 Å². The molecule has 8 heteroatoms. The largest absolute Gasteiger partial charge is 0.508 e. The molecule has 29 heavy (non-hydrogen) atoms. The number of aryl methyl sites for hydroxylation is 1. The van der Waals surface area contributed by atoms with Gasteiger partial charge >= 0.3 is 0 Å². The van der Waals surface area contributed by atoms with Gasteiger partial charge in [0.15, 0.2) is 5.58 Å². The van der Waals surface area contributed by atoms with Crippen molar-refractivity contribution in [1.29, 1.82) is 0 Å². The third kappa shape index (κ3) is 4.32. The highest BCUT2D eigenvalue weighted by molar-refractivity contribution is 5.79. The highest BCUT2D eigenvalue weighted by Gasteiger charge is 2.27. The quantitative estimate of drug-likeness (QED) is 0.607. The number of aliphatic hydroxyl groups is 1. The third-order valence-corrected chi connectivity index (χ3v) is 5.24. The molecule has 0 saturated carbocycles. The zero-order chi connectivity index (χ0) is 20.4. The average Bonchev–Trinajstić information content (AvgIpc) is 3.15. The topological polar surface area (TPSA) is 112 Å². The molecule has 3 N–H and O–H groups in total. The lowest BCUT2D eigenvalue weighted by molar-refractivity contribution is -0.126. The molecule has 4 rings (SSSR count). The number of hydrogen-bond donors (Lipinski definition) is 3. The average molecular weight is 396 g/mol. The zero-order valence-electron chi connectivity index (χ0n) is 16.2. The van der Waals surface area contributed by atoms with Crippen molar-refractivity contribution in [2.24, 2.45) is 5.92 Å². The Labute approximate surface area is 168 Å². The maximum atomic E-state index is 12.5. The summed E-state index contributed by atoms with van der Waals surface area (Å²) in [6, 6.07) is 10.7. The fourth-order valence-corrected chi connectivity index (χ4v) is 3.56. The van der Waals surface area contributed by atoms with Crippen LogP contribution in [0.2, 0.25) is 0 Å². The number of aliphatic hydroxyl groups excluding tert-OH is 1. The number of carbonyl (C=O) groups is 1. The predicted octanol–water partition coefficient (Wildman–Crippen LogP) is 2.30. The minimum atomic E-state index is -0.859. The third-order valence-electron chi connectivity index (χ3n) is 5.24. The summed E-state index contributed by atoms with van der Waals surface area (Å²) in [5.74, 6) is -0.101. The van der Waals surface area contributed by atoms with Crippen molar-refractivity contribution in [2.75, 3.05) is 24.5 Å². The number of hydrogen-bond acceptors (Lipinski definition) is 7. The van der Waals surface area contributed by atoms with Crippen LogP contribution in [0.4, 0.5) is 6.01 Å². The number of carbonyl (C=O) groups excluding carboxylic acids is 1. The molecule has 3 heterocycles. The van der Waals surface area contributed by atoms with E-state index in [4.69, 9.17) is 4.42 Å². The van der Waals surface area contributed by atoms with Crippen molar-refractivity contribution in [2.45, 2.75) is 25.9 Å². The van der Waals surface area contributed by atoms with Crippen LogP contribution in [0.5, 0.6) is 5.75 Å². The number of oxazole rings is 1. The molecule has 1 aliphatic heterocycles. The minimum absolute atomic E-state index is 0.0706. The molecule has 0 radical (unpaired) electrons. The van der Waals surface area contributed by atoms with Crippen molar-refractivity contribution in [3.8, 4) is 5.75 Å². The Morgan fingerprint density at radius 2 is 2.07 bits per heavy atom. The Morgan fingerprint density at radius 1 is 1.28 bits per heavy atom. The van der Waals surface area contributed by atoms with Crippen LogP contribution in [0, 0.1) is 12.8 Å². The molecule has 0 spiro atoms. The Morgan fingerprint density at radius 3 is 2.83 bits per heavy atom.